The van der Waals surface area contributed by atoms with Gasteiger partial charge in [0.1, 0.15) is 0 Å². The molecule has 2 aliphatic heterocycles. The lowest BCUT2D eigenvalue weighted by atomic mass is 9.78. The van der Waals surface area contributed by atoms with Crippen molar-refractivity contribution < 1.29 is 0 Å². The summed E-state index contributed by atoms with van der Waals surface area (Å²) in [7, 11) is 0. The van der Waals surface area contributed by atoms with E-state index in [-0.39, 0.29) is 0 Å². The highest BCUT2D eigenvalue weighted by Gasteiger charge is 2.42. The number of nitrogens with zero attached hydrogens (tertiary/aromatic N) is 2. The maximum Gasteiger partial charge on any atom is 0.0283 e. The average Bonchev–Trinajstić information content (AvgIpc) is 3.04. The third kappa shape index (κ3) is 3.34. The van der Waals surface area contributed by atoms with Gasteiger partial charge in [0.15, 0.2) is 0 Å². The fourth-order valence-electron chi connectivity index (χ4n) is 5.48. The molecule has 0 N–H and O–H groups in total. The molecule has 1 aromatic carbocycles. The molecule has 2 heteroatoms. The quantitative estimate of drug-likeness (QED) is 0.824. The molecule has 1 aliphatic carbocycles. The van der Waals surface area contributed by atoms with E-state index in [1.54, 1.807) is 0 Å². The van der Waals surface area contributed by atoms with Gasteiger partial charge in [0.05, 0.1) is 0 Å². The molecular weight excluding hydrogens is 280 g/mol. The Morgan fingerprint density at radius 1 is 0.957 bits per heavy atom. The van der Waals surface area contributed by atoms with Crippen LogP contribution in [0.3, 0.4) is 0 Å². The van der Waals surface area contributed by atoms with E-state index in [2.05, 4.69) is 41.0 Å². The minimum Gasteiger partial charge on any atom is -0.298 e. The standard InChI is InChI=1S/C21H32N2/c1-17-7-5-8-18(15-17)16-23-14-13-22-12-6-11-20(22)21(23)19-9-3-2-4-10-19/h5,7-8,15,19-21H,2-4,6,9-14,16H2,1H3/t20-,21-/m1/s1. The van der Waals surface area contributed by atoms with Crippen LogP contribution in [-0.2, 0) is 6.54 Å². The lowest BCUT2D eigenvalue weighted by molar-refractivity contribution is -0.00380. The van der Waals surface area contributed by atoms with Crippen molar-refractivity contribution in [3.63, 3.8) is 0 Å². The first-order valence-corrected chi connectivity index (χ1v) is 9.85. The second kappa shape index (κ2) is 6.94. The van der Waals surface area contributed by atoms with Gasteiger partial charge in [-0.2, -0.15) is 0 Å². The third-order valence-corrected chi connectivity index (χ3v) is 6.51. The predicted molar refractivity (Wildman–Crippen MR) is 96.5 cm³/mol. The summed E-state index contributed by atoms with van der Waals surface area (Å²) < 4.78 is 0. The fraction of sp³-hybridized carbons (Fsp3) is 0.714. The molecule has 0 spiro atoms. The lowest BCUT2D eigenvalue weighted by Crippen LogP contribution is -2.59. The number of benzene rings is 1. The summed E-state index contributed by atoms with van der Waals surface area (Å²) in [5, 5.41) is 0. The molecule has 0 aromatic heterocycles. The SMILES string of the molecule is Cc1cccc(CN2CCN3CCC[C@@H]3[C@H]2C2CCCCC2)c1. The minimum atomic E-state index is 0.812. The van der Waals surface area contributed by atoms with E-state index in [9.17, 15) is 0 Å². The summed E-state index contributed by atoms with van der Waals surface area (Å²) in [5.74, 6) is 0.944. The van der Waals surface area contributed by atoms with Gasteiger partial charge in [-0.3, -0.25) is 9.80 Å². The van der Waals surface area contributed by atoms with Gasteiger partial charge in [-0.25, -0.2) is 0 Å². The van der Waals surface area contributed by atoms with E-state index in [1.807, 2.05) is 0 Å². The summed E-state index contributed by atoms with van der Waals surface area (Å²) >= 11 is 0. The zero-order valence-corrected chi connectivity index (χ0v) is 14.7. The van der Waals surface area contributed by atoms with Crippen LogP contribution in [-0.4, -0.2) is 41.5 Å². The van der Waals surface area contributed by atoms with Gasteiger partial charge >= 0.3 is 0 Å². The first-order chi connectivity index (χ1) is 11.3. The highest BCUT2D eigenvalue weighted by atomic mass is 15.3. The number of rotatable bonds is 3. The molecular formula is C21H32N2. The molecule has 3 fully saturated rings. The molecule has 23 heavy (non-hydrogen) atoms. The predicted octanol–water partition coefficient (Wildman–Crippen LogP) is 4.22. The Bertz CT molecular complexity index is 520. The Balaban J connectivity index is 1.55. The van der Waals surface area contributed by atoms with E-state index in [0.29, 0.717) is 0 Å². The molecule has 2 nitrogen and oxygen atoms in total. The summed E-state index contributed by atoms with van der Waals surface area (Å²) in [6.45, 7) is 7.29. The lowest BCUT2D eigenvalue weighted by Gasteiger charge is -2.49. The Labute approximate surface area is 141 Å². The maximum absolute atomic E-state index is 2.86. The van der Waals surface area contributed by atoms with Crippen LogP contribution in [0.5, 0.6) is 0 Å². The van der Waals surface area contributed by atoms with Crippen molar-refractivity contribution in [2.24, 2.45) is 5.92 Å². The van der Waals surface area contributed by atoms with Crippen molar-refractivity contribution in [3.8, 4) is 0 Å². The van der Waals surface area contributed by atoms with Crippen LogP contribution in [0.25, 0.3) is 0 Å². The van der Waals surface area contributed by atoms with Crippen LogP contribution in [0.4, 0.5) is 0 Å². The molecule has 2 atom stereocenters. The highest BCUT2D eigenvalue weighted by Crippen LogP contribution is 2.38. The van der Waals surface area contributed by atoms with Gasteiger partial charge in [0.2, 0.25) is 0 Å². The number of piperazine rings is 1. The zero-order chi connectivity index (χ0) is 15.6. The molecule has 126 valence electrons. The molecule has 3 aliphatic rings. The second-order valence-electron chi connectivity index (χ2n) is 8.09. The number of fused-ring (bicyclic) bond motifs is 1. The Kier molecular flexibility index (Phi) is 4.73. The van der Waals surface area contributed by atoms with E-state index in [1.165, 1.54) is 75.7 Å². The molecule has 2 heterocycles. The van der Waals surface area contributed by atoms with E-state index < -0.39 is 0 Å². The maximum atomic E-state index is 2.86. The topological polar surface area (TPSA) is 6.48 Å². The van der Waals surface area contributed by atoms with Crippen LogP contribution in [0.2, 0.25) is 0 Å². The first kappa shape index (κ1) is 15.7. The van der Waals surface area contributed by atoms with Gasteiger partial charge in [0, 0.05) is 31.7 Å². The molecule has 4 rings (SSSR count). The van der Waals surface area contributed by atoms with Gasteiger partial charge in [-0.15, -0.1) is 0 Å². The number of hydrogen-bond donors (Lipinski definition) is 0. The minimum absolute atomic E-state index is 0.812. The van der Waals surface area contributed by atoms with E-state index >= 15 is 0 Å². The highest BCUT2D eigenvalue weighted by molar-refractivity contribution is 5.22. The van der Waals surface area contributed by atoms with Crippen molar-refractivity contribution in [3.05, 3.63) is 35.4 Å². The van der Waals surface area contributed by atoms with Crippen molar-refractivity contribution in [1.82, 2.24) is 9.80 Å². The largest absolute Gasteiger partial charge is 0.298 e. The molecule has 2 saturated heterocycles. The van der Waals surface area contributed by atoms with Crippen LogP contribution < -0.4 is 0 Å². The van der Waals surface area contributed by atoms with Crippen LogP contribution >= 0.6 is 0 Å². The average molecular weight is 313 g/mol. The first-order valence-electron chi connectivity index (χ1n) is 9.85. The molecule has 0 bridgehead atoms. The van der Waals surface area contributed by atoms with Gasteiger partial charge < -0.3 is 0 Å². The van der Waals surface area contributed by atoms with Crippen molar-refractivity contribution in [2.45, 2.75) is 70.5 Å². The molecule has 1 aromatic rings. The van der Waals surface area contributed by atoms with Crippen LogP contribution in [0, 0.1) is 12.8 Å². The van der Waals surface area contributed by atoms with Gasteiger partial charge in [-0.05, 0) is 50.6 Å². The Morgan fingerprint density at radius 2 is 1.83 bits per heavy atom. The molecule has 0 amide bonds. The molecule has 1 saturated carbocycles. The monoisotopic (exact) mass is 312 g/mol. The number of aryl methyl sites for hydroxylation is 1. The van der Waals surface area contributed by atoms with Crippen molar-refractivity contribution in [1.29, 1.82) is 0 Å². The van der Waals surface area contributed by atoms with E-state index in [0.717, 1.165) is 24.5 Å². The van der Waals surface area contributed by atoms with Crippen LogP contribution in [0.1, 0.15) is 56.1 Å². The molecule has 0 unspecified atom stereocenters. The summed E-state index contributed by atoms with van der Waals surface area (Å²) in [6.07, 6.45) is 10.2. The van der Waals surface area contributed by atoms with Crippen LogP contribution in [0.15, 0.2) is 24.3 Å². The summed E-state index contributed by atoms with van der Waals surface area (Å²) in [5.41, 5.74) is 2.91. The normalized spacial score (nSPS) is 30.5. The van der Waals surface area contributed by atoms with E-state index in [4.69, 9.17) is 0 Å². The Hall–Kier alpha value is -0.860. The summed E-state index contributed by atoms with van der Waals surface area (Å²) in [6, 6.07) is 10.8. The third-order valence-electron chi connectivity index (χ3n) is 6.51. The Morgan fingerprint density at radius 3 is 2.65 bits per heavy atom. The van der Waals surface area contributed by atoms with Gasteiger partial charge in [0.25, 0.3) is 0 Å². The molecule has 0 radical (unpaired) electrons. The zero-order valence-electron chi connectivity index (χ0n) is 14.7. The number of hydrogen-bond acceptors (Lipinski definition) is 2. The van der Waals surface area contributed by atoms with Crippen molar-refractivity contribution >= 4 is 0 Å². The summed E-state index contributed by atoms with van der Waals surface area (Å²) in [4.78, 5) is 5.67. The smallest absolute Gasteiger partial charge is 0.0283 e. The van der Waals surface area contributed by atoms with Crippen molar-refractivity contribution in [2.75, 3.05) is 19.6 Å². The van der Waals surface area contributed by atoms with Gasteiger partial charge in [-0.1, -0.05) is 49.1 Å². The second-order valence-corrected chi connectivity index (χ2v) is 8.09. The fourth-order valence-corrected chi connectivity index (χ4v) is 5.48.